The molecule has 0 saturated heterocycles. The van der Waals surface area contributed by atoms with Crippen LogP contribution in [0.1, 0.15) is 83.7 Å². The van der Waals surface area contributed by atoms with Crippen molar-refractivity contribution in [2.24, 2.45) is 0 Å². The van der Waals surface area contributed by atoms with E-state index in [1.807, 2.05) is 18.2 Å². The van der Waals surface area contributed by atoms with Gasteiger partial charge in [-0.3, -0.25) is 9.59 Å². The van der Waals surface area contributed by atoms with E-state index in [2.05, 4.69) is 39.9 Å². The number of nitrogens with zero attached hydrogens (tertiary/aromatic N) is 1. The molecule has 1 aliphatic heterocycles. The molecule has 2 aromatic carbocycles. The van der Waals surface area contributed by atoms with Crippen LogP contribution in [-0.2, 0) is 22.1 Å². The normalized spacial score (nSPS) is 16.3. The molecule has 1 unspecified atom stereocenters. The number of aldehydes is 1. The van der Waals surface area contributed by atoms with E-state index in [4.69, 9.17) is 9.16 Å². The Kier molecular flexibility index (Phi) is 7.96. The first-order valence-electron chi connectivity index (χ1n) is 12.5. The molecule has 7 heteroatoms. The maximum atomic E-state index is 14.0. The highest BCUT2D eigenvalue weighted by molar-refractivity contribution is 6.74. The fraction of sp³-hybridized carbons (Fsp3) is 0.483. The molecule has 194 valence electrons. The molecule has 2 aromatic rings. The van der Waals surface area contributed by atoms with E-state index in [1.165, 1.54) is 23.8 Å². The van der Waals surface area contributed by atoms with Gasteiger partial charge in [-0.15, -0.1) is 0 Å². The van der Waals surface area contributed by atoms with Gasteiger partial charge in [-0.1, -0.05) is 51.1 Å². The van der Waals surface area contributed by atoms with Gasteiger partial charge in [-0.2, -0.15) is 0 Å². The van der Waals surface area contributed by atoms with Crippen molar-refractivity contribution < 1.29 is 23.5 Å². The highest BCUT2D eigenvalue weighted by Crippen LogP contribution is 2.37. The van der Waals surface area contributed by atoms with E-state index < -0.39 is 19.9 Å². The highest BCUT2D eigenvalue weighted by Gasteiger charge is 2.39. The molecular weight excluding hydrogens is 470 g/mol. The third-order valence-corrected chi connectivity index (χ3v) is 11.6. The molecule has 0 N–H and O–H groups in total. The maximum Gasteiger partial charge on any atom is 0.338 e. The van der Waals surface area contributed by atoms with Gasteiger partial charge in [0.1, 0.15) is 5.60 Å². The van der Waals surface area contributed by atoms with Gasteiger partial charge in [-0.05, 0) is 68.6 Å². The minimum Gasteiger partial charge on any atom is -0.456 e. The van der Waals surface area contributed by atoms with Crippen molar-refractivity contribution in [3.63, 3.8) is 0 Å². The quantitative estimate of drug-likeness (QED) is 0.270. The molecule has 1 aliphatic rings. The first-order valence-corrected chi connectivity index (χ1v) is 15.4. The summed E-state index contributed by atoms with van der Waals surface area (Å²) >= 11 is 0. The molecule has 3 rings (SSSR count). The van der Waals surface area contributed by atoms with Crippen molar-refractivity contribution in [3.8, 4) is 0 Å². The number of ether oxygens (including phenoxy) is 1. The second-order valence-corrected chi connectivity index (χ2v) is 16.9. The van der Waals surface area contributed by atoms with Crippen LogP contribution in [0.3, 0.4) is 0 Å². The minimum atomic E-state index is -2.04. The summed E-state index contributed by atoms with van der Waals surface area (Å²) in [6.07, 6.45) is 1.32. The second kappa shape index (κ2) is 10.3. The summed E-state index contributed by atoms with van der Waals surface area (Å²) in [4.78, 5) is 40.3. The van der Waals surface area contributed by atoms with Crippen LogP contribution in [0.5, 0.6) is 0 Å². The summed E-state index contributed by atoms with van der Waals surface area (Å²) < 4.78 is 12.0. The predicted molar refractivity (Wildman–Crippen MR) is 144 cm³/mol. The highest BCUT2D eigenvalue weighted by atomic mass is 28.4. The average molecular weight is 510 g/mol. The summed E-state index contributed by atoms with van der Waals surface area (Å²) in [6.45, 7) is 17.2. The van der Waals surface area contributed by atoms with E-state index in [0.29, 0.717) is 25.9 Å². The average Bonchev–Trinajstić information content (AvgIpc) is 2.79. The van der Waals surface area contributed by atoms with Gasteiger partial charge in [0.25, 0.3) is 5.91 Å². The van der Waals surface area contributed by atoms with Gasteiger partial charge >= 0.3 is 5.97 Å². The fourth-order valence-electron chi connectivity index (χ4n) is 3.96. The number of benzene rings is 2. The molecule has 36 heavy (non-hydrogen) atoms. The van der Waals surface area contributed by atoms with Crippen molar-refractivity contribution >= 4 is 26.5 Å². The van der Waals surface area contributed by atoms with Gasteiger partial charge in [-0.25, -0.2) is 4.79 Å². The Hall–Kier alpha value is -2.77. The Morgan fingerprint density at radius 2 is 1.67 bits per heavy atom. The molecule has 6 nitrogen and oxygen atoms in total. The molecule has 1 amide bonds. The molecule has 0 saturated carbocycles. The molecule has 1 heterocycles. The van der Waals surface area contributed by atoms with Crippen LogP contribution in [-0.4, -0.2) is 49.6 Å². The number of rotatable bonds is 6. The number of carbonyl (C=O) groups is 3. The maximum absolute atomic E-state index is 14.0. The van der Waals surface area contributed by atoms with Gasteiger partial charge in [0.15, 0.2) is 14.6 Å². The third-order valence-electron chi connectivity index (χ3n) is 7.10. The summed E-state index contributed by atoms with van der Waals surface area (Å²) in [6, 6.07) is 12.4. The third kappa shape index (κ3) is 6.31. The zero-order valence-electron chi connectivity index (χ0n) is 22.8. The smallest absolute Gasteiger partial charge is 0.338 e. The predicted octanol–water partition coefficient (Wildman–Crippen LogP) is 6.04. The Balaban J connectivity index is 1.97. The van der Waals surface area contributed by atoms with Crippen LogP contribution in [0, 0.1) is 0 Å². The first-order chi connectivity index (χ1) is 16.6. The van der Waals surface area contributed by atoms with Crippen LogP contribution >= 0.6 is 0 Å². The zero-order valence-corrected chi connectivity index (χ0v) is 23.8. The van der Waals surface area contributed by atoms with Crippen molar-refractivity contribution in [3.05, 3.63) is 70.3 Å². The lowest BCUT2D eigenvalue weighted by Gasteiger charge is -2.41. The van der Waals surface area contributed by atoms with Gasteiger partial charge < -0.3 is 14.1 Å². The summed E-state index contributed by atoms with van der Waals surface area (Å²) in [7, 11) is -2.04. The topological polar surface area (TPSA) is 72.9 Å². The zero-order chi connectivity index (χ0) is 26.9. The molecule has 0 aromatic heterocycles. The summed E-state index contributed by atoms with van der Waals surface area (Å²) in [5.41, 5.74) is 2.28. The second-order valence-electron chi connectivity index (χ2n) is 12.1. The van der Waals surface area contributed by atoms with Gasteiger partial charge in [0, 0.05) is 12.1 Å². The van der Waals surface area contributed by atoms with E-state index in [-0.39, 0.29) is 33.7 Å². The van der Waals surface area contributed by atoms with Crippen molar-refractivity contribution in [1.82, 2.24) is 4.90 Å². The molecule has 1 atom stereocenters. The number of hydrogen-bond acceptors (Lipinski definition) is 5. The number of amides is 1. The standard InChI is InChI=1S/C29H39NO5Si/c1-28(2,3)35-27(33)21-13-14-23(18-31)25(16-21)26(32)30-17-22-12-10-9-11-20(22)15-24(30)19-34-36(7,8)29(4,5)6/h9-14,16,18,24H,15,17,19H2,1-8H3. The van der Waals surface area contributed by atoms with Crippen LogP contribution < -0.4 is 0 Å². The lowest BCUT2D eigenvalue weighted by atomic mass is 9.93. The molecule has 0 aliphatic carbocycles. The van der Waals surface area contributed by atoms with E-state index in [9.17, 15) is 14.4 Å². The van der Waals surface area contributed by atoms with Gasteiger partial charge in [0.05, 0.1) is 23.8 Å². The van der Waals surface area contributed by atoms with E-state index in [1.54, 1.807) is 25.7 Å². The number of esters is 1. The molecule has 0 radical (unpaired) electrons. The Bertz CT molecular complexity index is 1140. The summed E-state index contributed by atoms with van der Waals surface area (Å²) in [5.74, 6) is -0.823. The van der Waals surface area contributed by atoms with Crippen molar-refractivity contribution in [2.45, 2.75) is 84.3 Å². The van der Waals surface area contributed by atoms with Crippen LogP contribution in [0.25, 0.3) is 0 Å². The van der Waals surface area contributed by atoms with Gasteiger partial charge in [0.2, 0.25) is 0 Å². The Morgan fingerprint density at radius 3 is 2.25 bits per heavy atom. The first kappa shape index (κ1) is 27.8. The van der Waals surface area contributed by atoms with Crippen molar-refractivity contribution in [2.75, 3.05) is 6.61 Å². The number of fused-ring (bicyclic) bond motifs is 1. The van der Waals surface area contributed by atoms with Crippen LogP contribution in [0.15, 0.2) is 42.5 Å². The number of hydrogen-bond donors (Lipinski definition) is 0. The lowest BCUT2D eigenvalue weighted by molar-refractivity contribution is 0.00693. The monoisotopic (exact) mass is 509 g/mol. The Morgan fingerprint density at radius 1 is 1.03 bits per heavy atom. The van der Waals surface area contributed by atoms with E-state index >= 15 is 0 Å². The number of carbonyl (C=O) groups excluding carboxylic acids is 3. The van der Waals surface area contributed by atoms with Crippen LogP contribution in [0.4, 0.5) is 0 Å². The SMILES string of the molecule is CC(C)(C)OC(=O)c1ccc(C=O)c(C(=O)N2Cc3ccccc3CC2CO[Si](C)(C)C(C)(C)C)c1. The molecule has 0 fully saturated rings. The Labute approximate surface area is 216 Å². The minimum absolute atomic E-state index is 0.0425. The van der Waals surface area contributed by atoms with Crippen LogP contribution in [0.2, 0.25) is 18.1 Å². The van der Waals surface area contributed by atoms with E-state index in [0.717, 1.165) is 5.56 Å². The lowest BCUT2D eigenvalue weighted by Crippen LogP contribution is -2.50. The molecule has 0 bridgehead atoms. The fourth-order valence-corrected chi connectivity index (χ4v) is 5.00. The molecule has 0 spiro atoms. The summed E-state index contributed by atoms with van der Waals surface area (Å²) in [5, 5.41) is 0.0425. The molecular formula is C29H39NO5Si. The largest absolute Gasteiger partial charge is 0.456 e. The van der Waals surface area contributed by atoms with Crippen molar-refractivity contribution in [1.29, 1.82) is 0 Å².